The molecule has 0 heterocycles. The number of carbonyl (C=O) groups excluding carboxylic acids is 2. The average Bonchev–Trinajstić information content (AvgIpc) is 2.71. The zero-order chi connectivity index (χ0) is 21.2. The lowest BCUT2D eigenvalue weighted by atomic mass is 10.0. The maximum Gasteiger partial charge on any atom is 0.265 e. The van der Waals surface area contributed by atoms with Crippen LogP contribution in [0.5, 0.6) is 0 Å². The Morgan fingerprint density at radius 3 is 1.97 bits per heavy atom. The summed E-state index contributed by atoms with van der Waals surface area (Å²) in [5.41, 5.74) is 9.81. The van der Waals surface area contributed by atoms with Gasteiger partial charge in [-0.15, -0.1) is 0 Å². The third kappa shape index (κ3) is 7.06. The number of rotatable bonds is 5. The Hall–Kier alpha value is -3.74. The van der Waals surface area contributed by atoms with Gasteiger partial charge in [0.05, 0.1) is 0 Å². The van der Waals surface area contributed by atoms with Gasteiger partial charge in [0.15, 0.2) is 0 Å². The summed E-state index contributed by atoms with van der Waals surface area (Å²) in [6.07, 6.45) is 0.411. The highest BCUT2D eigenvalue weighted by Gasteiger charge is 2.22. The zero-order valence-electron chi connectivity index (χ0n) is 16.3. The van der Waals surface area contributed by atoms with Gasteiger partial charge in [-0.25, -0.2) is 5.48 Å². The largest absolute Gasteiger partial charge is 0.399 e. The first-order valence-electron chi connectivity index (χ1n) is 9.11. The van der Waals surface area contributed by atoms with Gasteiger partial charge in [0.2, 0.25) is 0 Å². The SMILES string of the molecule is CC(C)CC(NC(=O)c1ccc(C#CC#Cc2ccc(N)cc2)cc1)C(=O)NO. The summed E-state index contributed by atoms with van der Waals surface area (Å²) in [6.45, 7) is 3.85. The van der Waals surface area contributed by atoms with Crippen molar-refractivity contribution < 1.29 is 14.8 Å². The van der Waals surface area contributed by atoms with Gasteiger partial charge >= 0.3 is 0 Å². The highest BCUT2D eigenvalue weighted by atomic mass is 16.5. The van der Waals surface area contributed by atoms with Crippen molar-refractivity contribution in [3.8, 4) is 23.7 Å². The molecule has 0 saturated heterocycles. The maximum absolute atomic E-state index is 12.4. The number of amides is 2. The van der Waals surface area contributed by atoms with Gasteiger partial charge in [0.25, 0.3) is 11.8 Å². The van der Waals surface area contributed by atoms with Crippen LogP contribution in [-0.4, -0.2) is 23.1 Å². The second kappa shape index (κ2) is 10.6. The van der Waals surface area contributed by atoms with Gasteiger partial charge in [-0.05, 0) is 72.7 Å². The highest BCUT2D eigenvalue weighted by molar-refractivity contribution is 5.97. The van der Waals surface area contributed by atoms with E-state index in [1.54, 1.807) is 41.9 Å². The van der Waals surface area contributed by atoms with Gasteiger partial charge in [-0.3, -0.25) is 14.8 Å². The first-order valence-corrected chi connectivity index (χ1v) is 9.11. The van der Waals surface area contributed by atoms with Crippen molar-refractivity contribution in [2.24, 2.45) is 5.92 Å². The Balaban J connectivity index is 2.02. The van der Waals surface area contributed by atoms with Gasteiger partial charge in [0, 0.05) is 22.4 Å². The van der Waals surface area contributed by atoms with E-state index in [9.17, 15) is 9.59 Å². The molecule has 2 aromatic carbocycles. The Kier molecular flexibility index (Phi) is 7.85. The molecular weight excluding hydrogens is 366 g/mol. The Bertz CT molecular complexity index is 973. The first-order chi connectivity index (χ1) is 13.9. The number of hydrogen-bond donors (Lipinski definition) is 4. The number of hydrogen-bond acceptors (Lipinski definition) is 4. The lowest BCUT2D eigenvalue weighted by molar-refractivity contribution is -0.131. The van der Waals surface area contributed by atoms with Crippen LogP contribution in [0, 0.1) is 29.6 Å². The molecule has 1 unspecified atom stereocenters. The Morgan fingerprint density at radius 2 is 1.48 bits per heavy atom. The molecule has 0 radical (unpaired) electrons. The molecule has 5 N–H and O–H groups in total. The van der Waals surface area contributed by atoms with E-state index in [0.29, 0.717) is 23.2 Å². The van der Waals surface area contributed by atoms with Crippen LogP contribution in [0.2, 0.25) is 0 Å². The Morgan fingerprint density at radius 1 is 0.966 bits per heavy atom. The fourth-order valence-electron chi connectivity index (χ4n) is 2.50. The van der Waals surface area contributed by atoms with Gasteiger partial charge in [-0.1, -0.05) is 25.7 Å². The molecule has 148 valence electrons. The lowest BCUT2D eigenvalue weighted by Gasteiger charge is -2.18. The van der Waals surface area contributed by atoms with E-state index in [1.807, 2.05) is 26.0 Å². The van der Waals surface area contributed by atoms with Crippen molar-refractivity contribution in [2.45, 2.75) is 26.3 Å². The number of nitrogen functional groups attached to an aromatic ring is 1. The fourth-order valence-corrected chi connectivity index (χ4v) is 2.50. The lowest BCUT2D eigenvalue weighted by Crippen LogP contribution is -2.46. The van der Waals surface area contributed by atoms with E-state index < -0.39 is 17.9 Å². The zero-order valence-corrected chi connectivity index (χ0v) is 16.3. The normalized spacial score (nSPS) is 10.8. The van der Waals surface area contributed by atoms with Crippen molar-refractivity contribution in [3.05, 3.63) is 65.2 Å². The van der Waals surface area contributed by atoms with E-state index in [4.69, 9.17) is 10.9 Å². The number of nitrogens with two attached hydrogens (primary N) is 1. The molecule has 0 aliphatic rings. The molecule has 0 bridgehead atoms. The molecule has 2 rings (SSSR count). The summed E-state index contributed by atoms with van der Waals surface area (Å²) < 4.78 is 0. The second-order valence-corrected chi connectivity index (χ2v) is 6.83. The number of benzene rings is 2. The molecule has 0 fully saturated rings. The topological polar surface area (TPSA) is 104 Å². The molecule has 2 amide bonds. The van der Waals surface area contributed by atoms with Crippen LogP contribution in [0.3, 0.4) is 0 Å². The molecule has 6 nitrogen and oxygen atoms in total. The smallest absolute Gasteiger partial charge is 0.265 e. The Labute approximate surface area is 170 Å². The molecule has 0 aliphatic carbocycles. The summed E-state index contributed by atoms with van der Waals surface area (Å²) in [6, 6.07) is 13.0. The summed E-state index contributed by atoms with van der Waals surface area (Å²) >= 11 is 0. The van der Waals surface area contributed by atoms with Gasteiger partial charge < -0.3 is 11.1 Å². The van der Waals surface area contributed by atoms with Crippen LogP contribution in [-0.2, 0) is 4.79 Å². The van der Waals surface area contributed by atoms with Crippen molar-refractivity contribution >= 4 is 17.5 Å². The van der Waals surface area contributed by atoms with Crippen molar-refractivity contribution in [1.29, 1.82) is 0 Å². The van der Waals surface area contributed by atoms with Crippen LogP contribution < -0.4 is 16.5 Å². The summed E-state index contributed by atoms with van der Waals surface area (Å²) in [7, 11) is 0. The van der Waals surface area contributed by atoms with Crippen molar-refractivity contribution in [1.82, 2.24) is 10.8 Å². The molecule has 0 aliphatic heterocycles. The second-order valence-electron chi connectivity index (χ2n) is 6.83. The molecule has 2 aromatic rings. The minimum Gasteiger partial charge on any atom is -0.399 e. The van der Waals surface area contributed by atoms with Crippen LogP contribution in [0.15, 0.2) is 48.5 Å². The number of hydroxylamine groups is 1. The van der Waals surface area contributed by atoms with Gasteiger partial charge in [-0.2, -0.15) is 0 Å². The molecule has 1 atom stereocenters. The number of carbonyl (C=O) groups is 2. The first kappa shape index (κ1) is 21.6. The summed E-state index contributed by atoms with van der Waals surface area (Å²) in [5, 5.41) is 11.5. The minimum absolute atomic E-state index is 0.171. The standard InChI is InChI=1S/C23H23N3O3/c1-16(2)15-21(23(28)26-29)25-22(27)19-11-7-17(8-12-19)5-3-4-6-18-9-13-20(24)14-10-18/h7-14,16,21,29H,15,24H2,1-2H3,(H,25,27)(H,26,28). The monoisotopic (exact) mass is 389 g/mol. The van der Waals surface area contributed by atoms with E-state index in [1.165, 1.54) is 0 Å². The molecule has 29 heavy (non-hydrogen) atoms. The molecule has 0 aromatic heterocycles. The summed E-state index contributed by atoms with van der Waals surface area (Å²) in [4.78, 5) is 24.1. The van der Waals surface area contributed by atoms with E-state index in [-0.39, 0.29) is 5.92 Å². The molecule has 0 saturated carbocycles. The average molecular weight is 389 g/mol. The van der Waals surface area contributed by atoms with E-state index in [0.717, 1.165) is 5.56 Å². The molecule has 6 heteroatoms. The summed E-state index contributed by atoms with van der Waals surface area (Å²) in [5.74, 6) is 10.5. The van der Waals surface area contributed by atoms with Gasteiger partial charge in [0.1, 0.15) is 6.04 Å². The predicted octanol–water partition coefficient (Wildman–Crippen LogP) is 2.32. The van der Waals surface area contributed by atoms with Crippen LogP contribution in [0.25, 0.3) is 0 Å². The third-order valence-corrected chi connectivity index (χ3v) is 3.97. The quantitative estimate of drug-likeness (QED) is 0.273. The van der Waals surface area contributed by atoms with Crippen molar-refractivity contribution in [2.75, 3.05) is 5.73 Å². The third-order valence-electron chi connectivity index (χ3n) is 3.97. The fraction of sp³-hybridized carbons (Fsp3) is 0.217. The van der Waals surface area contributed by atoms with Crippen molar-refractivity contribution in [3.63, 3.8) is 0 Å². The number of nitrogens with one attached hydrogen (secondary N) is 2. The molecule has 0 spiro atoms. The highest BCUT2D eigenvalue weighted by Crippen LogP contribution is 2.08. The van der Waals surface area contributed by atoms with E-state index >= 15 is 0 Å². The minimum atomic E-state index is -0.810. The van der Waals surface area contributed by atoms with Crippen LogP contribution >= 0.6 is 0 Å². The van der Waals surface area contributed by atoms with E-state index in [2.05, 4.69) is 29.0 Å². The maximum atomic E-state index is 12.4. The van der Waals surface area contributed by atoms with Crippen LogP contribution in [0.4, 0.5) is 5.69 Å². The predicted molar refractivity (Wildman–Crippen MR) is 112 cm³/mol. The van der Waals surface area contributed by atoms with Crippen LogP contribution in [0.1, 0.15) is 41.8 Å². The molecular formula is C23H23N3O3. The number of anilines is 1.